The van der Waals surface area contributed by atoms with E-state index in [4.69, 9.17) is 5.73 Å². The minimum Gasteiger partial charge on any atom is -0.369 e. The second-order valence-electron chi connectivity index (χ2n) is 7.96. The lowest BCUT2D eigenvalue weighted by atomic mass is 9.97. The molecule has 1 unspecified atom stereocenters. The van der Waals surface area contributed by atoms with Crippen LogP contribution >= 0.6 is 0 Å². The smallest absolute Gasteiger partial charge is 0.256 e. The van der Waals surface area contributed by atoms with E-state index >= 15 is 0 Å². The number of piperidine rings is 1. The number of anilines is 1. The maximum Gasteiger partial charge on any atom is 0.256 e. The predicted molar refractivity (Wildman–Crippen MR) is 118 cm³/mol. The number of aryl methyl sites for hydroxylation is 1. The van der Waals surface area contributed by atoms with Gasteiger partial charge < -0.3 is 11.1 Å². The van der Waals surface area contributed by atoms with Crippen molar-refractivity contribution in [3.05, 3.63) is 71.4 Å². The molecule has 1 saturated heterocycles. The third kappa shape index (κ3) is 4.49. The van der Waals surface area contributed by atoms with E-state index in [0.717, 1.165) is 53.8 Å². The number of amides is 2. The van der Waals surface area contributed by atoms with Crippen molar-refractivity contribution in [2.75, 3.05) is 18.4 Å². The number of benzene rings is 2. The number of carbonyl (C=O) groups is 2. The van der Waals surface area contributed by atoms with Crippen molar-refractivity contribution >= 4 is 28.4 Å². The Hall–Kier alpha value is -3.25. The summed E-state index contributed by atoms with van der Waals surface area (Å²) in [4.78, 5) is 31.1. The Labute approximate surface area is 176 Å². The average molecular weight is 402 g/mol. The molecule has 1 aliphatic heterocycles. The third-order valence-corrected chi connectivity index (χ3v) is 5.61. The van der Waals surface area contributed by atoms with Gasteiger partial charge in [0.2, 0.25) is 5.91 Å². The first-order valence-electron chi connectivity index (χ1n) is 10.3. The number of para-hydroxylation sites is 1. The summed E-state index contributed by atoms with van der Waals surface area (Å²) in [6.07, 6.45) is 1.86. The molecule has 0 aliphatic carbocycles. The first kappa shape index (κ1) is 20.0. The van der Waals surface area contributed by atoms with Gasteiger partial charge in [-0.2, -0.15) is 0 Å². The summed E-state index contributed by atoms with van der Waals surface area (Å²) in [6, 6.07) is 17.3. The van der Waals surface area contributed by atoms with Crippen LogP contribution in [0, 0.1) is 12.8 Å². The second-order valence-corrected chi connectivity index (χ2v) is 7.96. The Morgan fingerprint density at radius 1 is 1.17 bits per heavy atom. The molecule has 0 radical (unpaired) electrons. The van der Waals surface area contributed by atoms with E-state index < -0.39 is 0 Å². The summed E-state index contributed by atoms with van der Waals surface area (Å²) >= 11 is 0. The molecule has 2 amide bonds. The number of hydrogen-bond acceptors (Lipinski definition) is 4. The van der Waals surface area contributed by atoms with Gasteiger partial charge in [0, 0.05) is 29.9 Å². The van der Waals surface area contributed by atoms with Crippen LogP contribution in [0.5, 0.6) is 0 Å². The molecule has 1 aliphatic rings. The van der Waals surface area contributed by atoms with Gasteiger partial charge in [0.1, 0.15) is 0 Å². The number of nitrogens with one attached hydrogen (secondary N) is 1. The molecule has 3 aromatic rings. The third-order valence-electron chi connectivity index (χ3n) is 5.61. The number of carbonyl (C=O) groups excluding carboxylic acids is 2. The average Bonchev–Trinajstić information content (AvgIpc) is 2.74. The highest BCUT2D eigenvalue weighted by Crippen LogP contribution is 2.21. The molecule has 0 saturated carbocycles. The SMILES string of the molecule is Cc1cc(C(=O)Nc2ccc(CN3CCCC(C(N)=O)C3)cc2)c2ccccc2n1. The van der Waals surface area contributed by atoms with Crippen molar-refractivity contribution in [1.29, 1.82) is 0 Å². The van der Waals surface area contributed by atoms with E-state index in [2.05, 4.69) is 15.2 Å². The highest BCUT2D eigenvalue weighted by Gasteiger charge is 2.23. The van der Waals surface area contributed by atoms with E-state index in [9.17, 15) is 9.59 Å². The Morgan fingerprint density at radius 3 is 2.70 bits per heavy atom. The molecule has 2 heterocycles. The molecule has 1 aromatic heterocycles. The maximum atomic E-state index is 12.9. The summed E-state index contributed by atoms with van der Waals surface area (Å²) < 4.78 is 0. The molecular formula is C24H26N4O2. The minimum absolute atomic E-state index is 0.0593. The van der Waals surface area contributed by atoms with Gasteiger partial charge in [0.15, 0.2) is 0 Å². The topological polar surface area (TPSA) is 88.3 Å². The van der Waals surface area contributed by atoms with Crippen LogP contribution in [-0.4, -0.2) is 34.8 Å². The zero-order valence-corrected chi connectivity index (χ0v) is 17.1. The summed E-state index contributed by atoms with van der Waals surface area (Å²) in [5, 5.41) is 3.83. The lowest BCUT2D eigenvalue weighted by Crippen LogP contribution is -2.40. The Morgan fingerprint density at radius 2 is 1.93 bits per heavy atom. The summed E-state index contributed by atoms with van der Waals surface area (Å²) in [7, 11) is 0. The zero-order chi connectivity index (χ0) is 21.1. The van der Waals surface area contributed by atoms with Gasteiger partial charge in [0.25, 0.3) is 5.91 Å². The van der Waals surface area contributed by atoms with Gasteiger partial charge in [-0.05, 0) is 56.1 Å². The molecule has 3 N–H and O–H groups in total. The molecule has 0 bridgehead atoms. The van der Waals surface area contributed by atoms with Crippen LogP contribution in [-0.2, 0) is 11.3 Å². The highest BCUT2D eigenvalue weighted by molar-refractivity contribution is 6.12. The number of primary amides is 1. The van der Waals surface area contributed by atoms with E-state index in [0.29, 0.717) is 12.1 Å². The van der Waals surface area contributed by atoms with Gasteiger partial charge in [-0.25, -0.2) is 0 Å². The molecule has 30 heavy (non-hydrogen) atoms. The molecule has 1 atom stereocenters. The van der Waals surface area contributed by atoms with Crippen LogP contribution in [0.1, 0.15) is 34.5 Å². The Balaban J connectivity index is 1.44. The molecule has 2 aromatic carbocycles. The lowest BCUT2D eigenvalue weighted by Gasteiger charge is -2.31. The quantitative estimate of drug-likeness (QED) is 0.684. The summed E-state index contributed by atoms with van der Waals surface area (Å²) in [5.41, 5.74) is 9.60. The molecule has 0 spiro atoms. The van der Waals surface area contributed by atoms with Crippen LogP contribution in [0.2, 0.25) is 0 Å². The van der Waals surface area contributed by atoms with Crippen LogP contribution < -0.4 is 11.1 Å². The van der Waals surface area contributed by atoms with E-state index in [-0.39, 0.29) is 17.7 Å². The Kier molecular flexibility index (Phi) is 5.77. The number of hydrogen-bond donors (Lipinski definition) is 2. The van der Waals surface area contributed by atoms with Crippen molar-refractivity contribution in [2.45, 2.75) is 26.3 Å². The monoisotopic (exact) mass is 402 g/mol. The molecule has 6 heteroatoms. The van der Waals surface area contributed by atoms with Crippen molar-refractivity contribution in [2.24, 2.45) is 11.7 Å². The normalized spacial score (nSPS) is 17.0. The first-order valence-corrected chi connectivity index (χ1v) is 10.3. The van der Waals surface area contributed by atoms with Crippen LogP contribution in [0.15, 0.2) is 54.6 Å². The van der Waals surface area contributed by atoms with Crippen molar-refractivity contribution in [1.82, 2.24) is 9.88 Å². The molecule has 1 fully saturated rings. The van der Waals surface area contributed by atoms with E-state index in [1.165, 1.54) is 0 Å². The summed E-state index contributed by atoms with van der Waals surface area (Å²) in [5.74, 6) is -0.419. The minimum atomic E-state index is -0.211. The second kappa shape index (κ2) is 8.63. The molecule has 154 valence electrons. The van der Waals surface area contributed by atoms with Crippen molar-refractivity contribution < 1.29 is 9.59 Å². The van der Waals surface area contributed by atoms with E-state index in [1.54, 1.807) is 0 Å². The van der Waals surface area contributed by atoms with Gasteiger partial charge in [-0.3, -0.25) is 19.5 Å². The van der Waals surface area contributed by atoms with Crippen molar-refractivity contribution in [3.63, 3.8) is 0 Å². The predicted octanol–water partition coefficient (Wildman–Crippen LogP) is 3.49. The van der Waals surface area contributed by atoms with Crippen LogP contribution in [0.25, 0.3) is 10.9 Å². The summed E-state index contributed by atoms with van der Waals surface area (Å²) in [6.45, 7) is 4.34. The number of rotatable bonds is 5. The van der Waals surface area contributed by atoms with Crippen molar-refractivity contribution in [3.8, 4) is 0 Å². The van der Waals surface area contributed by atoms with Gasteiger partial charge in [-0.1, -0.05) is 30.3 Å². The Bertz CT molecular complexity index is 1080. The number of fused-ring (bicyclic) bond motifs is 1. The lowest BCUT2D eigenvalue weighted by molar-refractivity contribution is -0.123. The zero-order valence-electron chi connectivity index (χ0n) is 17.1. The van der Waals surface area contributed by atoms with Gasteiger partial charge in [0.05, 0.1) is 17.0 Å². The molecule has 4 rings (SSSR count). The van der Waals surface area contributed by atoms with Crippen LogP contribution in [0.3, 0.4) is 0 Å². The number of nitrogens with zero attached hydrogens (tertiary/aromatic N) is 2. The number of pyridine rings is 1. The largest absolute Gasteiger partial charge is 0.369 e. The van der Waals surface area contributed by atoms with Crippen LogP contribution in [0.4, 0.5) is 5.69 Å². The van der Waals surface area contributed by atoms with E-state index in [1.807, 2.05) is 61.5 Å². The fourth-order valence-corrected chi connectivity index (χ4v) is 4.08. The van der Waals surface area contributed by atoms with Gasteiger partial charge in [-0.15, -0.1) is 0 Å². The number of aromatic nitrogens is 1. The fourth-order valence-electron chi connectivity index (χ4n) is 4.08. The van der Waals surface area contributed by atoms with Gasteiger partial charge >= 0.3 is 0 Å². The number of nitrogens with two attached hydrogens (primary N) is 1. The first-order chi connectivity index (χ1) is 14.5. The standard InChI is InChI=1S/C24H26N4O2/c1-16-13-21(20-6-2-3-7-22(20)26-16)24(30)27-19-10-8-17(9-11-19)14-28-12-4-5-18(15-28)23(25)29/h2-3,6-11,13,18H,4-5,12,14-15H2,1H3,(H2,25,29)(H,27,30). The molecular weight excluding hydrogens is 376 g/mol. The highest BCUT2D eigenvalue weighted by atomic mass is 16.2. The maximum absolute atomic E-state index is 12.9. The number of likely N-dealkylation sites (tertiary alicyclic amines) is 1. The fraction of sp³-hybridized carbons (Fsp3) is 0.292. The molecule has 6 nitrogen and oxygen atoms in total.